The van der Waals surface area contributed by atoms with Crippen molar-refractivity contribution in [3.05, 3.63) is 35.9 Å². The molecule has 2 aliphatic heterocycles. The van der Waals surface area contributed by atoms with Gasteiger partial charge in [0.25, 0.3) is 0 Å². The molecule has 1 spiro atoms. The molecule has 5 heteroatoms. The Hall–Kier alpha value is -0.980. The van der Waals surface area contributed by atoms with Crippen LogP contribution >= 0.6 is 0 Å². The second kappa shape index (κ2) is 8.41. The highest BCUT2D eigenvalue weighted by atomic mass is 16.8. The lowest BCUT2D eigenvalue weighted by Gasteiger charge is -2.59. The van der Waals surface area contributed by atoms with E-state index >= 15 is 0 Å². The van der Waals surface area contributed by atoms with Crippen LogP contribution in [0.15, 0.2) is 30.3 Å². The molecule has 0 N–H and O–H groups in total. The summed E-state index contributed by atoms with van der Waals surface area (Å²) in [7, 11) is 1.71. The molecule has 2 aliphatic rings. The van der Waals surface area contributed by atoms with Crippen LogP contribution in [0.4, 0.5) is 0 Å². The highest BCUT2D eigenvalue weighted by molar-refractivity contribution is 5.17. The number of methoxy groups -OCH3 is 1. The fourth-order valence-corrected chi connectivity index (χ4v) is 5.06. The monoisotopic (exact) mass is 391 g/mol. The Kier molecular flexibility index (Phi) is 6.52. The third-order valence-corrected chi connectivity index (χ3v) is 6.40. The smallest absolute Gasteiger partial charge is 0.172 e. The van der Waals surface area contributed by atoms with Crippen LogP contribution in [0, 0.1) is 0 Å². The first-order chi connectivity index (χ1) is 13.3. The molecule has 3 unspecified atom stereocenters. The highest BCUT2D eigenvalue weighted by Crippen LogP contribution is 2.51. The molecule has 158 valence electrons. The van der Waals surface area contributed by atoms with E-state index in [1.165, 1.54) is 5.56 Å². The predicted octanol–water partition coefficient (Wildman–Crippen LogP) is 4.87. The van der Waals surface area contributed by atoms with Gasteiger partial charge in [-0.05, 0) is 39.2 Å². The molecule has 1 aromatic rings. The van der Waals surface area contributed by atoms with Gasteiger partial charge in [0.2, 0.25) is 0 Å². The Labute approximate surface area is 170 Å². The van der Waals surface area contributed by atoms with Crippen molar-refractivity contribution in [1.29, 1.82) is 0 Å². The minimum absolute atomic E-state index is 0.00271. The van der Waals surface area contributed by atoms with E-state index in [0.717, 1.165) is 25.7 Å². The molecule has 1 aromatic carbocycles. The zero-order valence-electron chi connectivity index (χ0n) is 18.4. The quantitative estimate of drug-likeness (QED) is 0.663. The van der Waals surface area contributed by atoms with Crippen molar-refractivity contribution < 1.29 is 19.0 Å². The second-order valence-electron chi connectivity index (χ2n) is 8.97. The number of hydrogen-bond acceptors (Lipinski definition) is 5. The number of hydroxylamine groups is 2. The van der Waals surface area contributed by atoms with Gasteiger partial charge in [-0.15, -0.1) is 0 Å². The lowest BCUT2D eigenvalue weighted by atomic mass is 9.73. The molecule has 28 heavy (non-hydrogen) atoms. The molecule has 2 heterocycles. The van der Waals surface area contributed by atoms with Crippen molar-refractivity contribution in [3.63, 3.8) is 0 Å². The first kappa shape index (κ1) is 21.7. The number of hydrogen-bond donors (Lipinski definition) is 0. The van der Waals surface area contributed by atoms with Crippen LogP contribution in [-0.4, -0.2) is 48.4 Å². The lowest BCUT2D eigenvalue weighted by molar-refractivity contribution is -0.360. The third-order valence-electron chi connectivity index (χ3n) is 6.40. The molecule has 3 atom stereocenters. The third kappa shape index (κ3) is 4.14. The molecule has 0 aromatic heterocycles. The van der Waals surface area contributed by atoms with Crippen LogP contribution in [0.3, 0.4) is 0 Å². The van der Waals surface area contributed by atoms with E-state index in [9.17, 15) is 0 Å². The summed E-state index contributed by atoms with van der Waals surface area (Å²) in [6.07, 6.45) is 3.50. The first-order valence-electron chi connectivity index (χ1n) is 10.6. The average Bonchev–Trinajstić information content (AvgIpc) is 3.05. The van der Waals surface area contributed by atoms with Gasteiger partial charge in [-0.25, -0.2) is 0 Å². The molecule has 3 rings (SSSR count). The topological polar surface area (TPSA) is 40.2 Å². The van der Waals surface area contributed by atoms with Gasteiger partial charge in [0.15, 0.2) is 5.79 Å². The van der Waals surface area contributed by atoms with Crippen molar-refractivity contribution in [2.45, 2.75) is 89.4 Å². The van der Waals surface area contributed by atoms with E-state index in [1.54, 1.807) is 7.11 Å². The standard InChI is InChI=1S/C23H37NO4/c1-7-22(8-2)17-23(26-15-20(27-23)14-25-6)16-21(4,5)24(22)28-18(3)19-12-10-9-11-13-19/h9-13,18,20H,7-8,14-17H2,1-6H3. The summed E-state index contributed by atoms with van der Waals surface area (Å²) in [5, 5.41) is 2.26. The molecular formula is C23H37NO4. The maximum absolute atomic E-state index is 6.66. The number of piperidine rings is 1. The van der Waals surface area contributed by atoms with Gasteiger partial charge < -0.3 is 14.2 Å². The van der Waals surface area contributed by atoms with Gasteiger partial charge in [-0.3, -0.25) is 4.84 Å². The summed E-state index contributed by atoms with van der Waals surface area (Å²) in [6.45, 7) is 12.2. The molecule has 2 saturated heterocycles. The summed E-state index contributed by atoms with van der Waals surface area (Å²) < 4.78 is 18.0. The largest absolute Gasteiger partial charge is 0.382 e. The average molecular weight is 392 g/mol. The van der Waals surface area contributed by atoms with Gasteiger partial charge >= 0.3 is 0 Å². The predicted molar refractivity (Wildman–Crippen MR) is 110 cm³/mol. The molecule has 2 fully saturated rings. The van der Waals surface area contributed by atoms with Crippen LogP contribution < -0.4 is 0 Å². The van der Waals surface area contributed by atoms with Gasteiger partial charge in [-0.2, -0.15) is 5.06 Å². The summed E-state index contributed by atoms with van der Waals surface area (Å²) in [5.74, 6) is -0.561. The van der Waals surface area contributed by atoms with E-state index in [2.05, 4.69) is 63.9 Å². The van der Waals surface area contributed by atoms with Crippen LogP contribution in [0.5, 0.6) is 0 Å². The number of ether oxygens (including phenoxy) is 3. The Balaban J connectivity index is 1.86. The fourth-order valence-electron chi connectivity index (χ4n) is 5.06. The van der Waals surface area contributed by atoms with Crippen molar-refractivity contribution in [3.8, 4) is 0 Å². The Bertz CT molecular complexity index is 631. The maximum Gasteiger partial charge on any atom is 0.172 e. The summed E-state index contributed by atoms with van der Waals surface area (Å²) in [4.78, 5) is 6.66. The van der Waals surface area contributed by atoms with E-state index in [4.69, 9.17) is 19.0 Å². The van der Waals surface area contributed by atoms with E-state index in [1.807, 2.05) is 6.07 Å². The van der Waals surface area contributed by atoms with E-state index in [-0.39, 0.29) is 23.3 Å². The lowest BCUT2D eigenvalue weighted by Crippen LogP contribution is -2.67. The van der Waals surface area contributed by atoms with E-state index in [0.29, 0.717) is 13.2 Å². The van der Waals surface area contributed by atoms with Crippen molar-refractivity contribution in [1.82, 2.24) is 5.06 Å². The van der Waals surface area contributed by atoms with Gasteiger partial charge in [-0.1, -0.05) is 44.2 Å². The maximum atomic E-state index is 6.66. The minimum Gasteiger partial charge on any atom is -0.382 e. The Morgan fingerprint density at radius 2 is 1.82 bits per heavy atom. The van der Waals surface area contributed by atoms with Crippen LogP contribution in [0.2, 0.25) is 0 Å². The molecular weight excluding hydrogens is 354 g/mol. The molecule has 0 amide bonds. The molecule has 0 saturated carbocycles. The van der Waals surface area contributed by atoms with Crippen LogP contribution in [0.25, 0.3) is 0 Å². The number of benzene rings is 1. The van der Waals surface area contributed by atoms with Crippen LogP contribution in [0.1, 0.15) is 72.0 Å². The summed E-state index contributed by atoms with van der Waals surface area (Å²) in [5.41, 5.74) is 0.815. The fraction of sp³-hybridized carbons (Fsp3) is 0.739. The second-order valence-corrected chi connectivity index (χ2v) is 8.97. The molecule has 0 radical (unpaired) electrons. The number of nitrogens with zero attached hydrogens (tertiary/aromatic N) is 1. The Morgan fingerprint density at radius 1 is 1.14 bits per heavy atom. The Morgan fingerprint density at radius 3 is 2.43 bits per heavy atom. The zero-order valence-corrected chi connectivity index (χ0v) is 18.4. The molecule has 5 nitrogen and oxygen atoms in total. The van der Waals surface area contributed by atoms with Crippen LogP contribution in [-0.2, 0) is 19.0 Å². The SMILES string of the molecule is CCC1(CC)CC2(CC(C)(C)N1OC(C)c1ccccc1)OCC(COC)O2. The highest BCUT2D eigenvalue weighted by Gasteiger charge is 2.59. The van der Waals surface area contributed by atoms with Crippen molar-refractivity contribution >= 4 is 0 Å². The molecule has 0 aliphatic carbocycles. The van der Waals surface area contributed by atoms with Gasteiger partial charge in [0.1, 0.15) is 12.2 Å². The summed E-state index contributed by atoms with van der Waals surface area (Å²) >= 11 is 0. The van der Waals surface area contributed by atoms with Crippen molar-refractivity contribution in [2.75, 3.05) is 20.3 Å². The van der Waals surface area contributed by atoms with Gasteiger partial charge in [0, 0.05) is 25.5 Å². The minimum atomic E-state index is -0.561. The molecule has 0 bridgehead atoms. The number of rotatable bonds is 7. The summed E-state index contributed by atoms with van der Waals surface area (Å²) in [6, 6.07) is 10.4. The normalized spacial score (nSPS) is 30.6. The van der Waals surface area contributed by atoms with E-state index < -0.39 is 5.79 Å². The van der Waals surface area contributed by atoms with Gasteiger partial charge in [0.05, 0.1) is 18.8 Å². The van der Waals surface area contributed by atoms with Crippen molar-refractivity contribution in [2.24, 2.45) is 0 Å². The first-order valence-corrected chi connectivity index (χ1v) is 10.6. The zero-order chi connectivity index (χ0) is 20.4.